The fraction of sp³-hybridized carbons (Fsp3) is 0.857. The third-order valence-electron chi connectivity index (χ3n) is 4.06. The van der Waals surface area contributed by atoms with Crippen molar-refractivity contribution in [2.75, 3.05) is 13.2 Å². The second-order valence-electron chi connectivity index (χ2n) is 5.86. The van der Waals surface area contributed by atoms with E-state index >= 15 is 0 Å². The summed E-state index contributed by atoms with van der Waals surface area (Å²) >= 11 is 0. The lowest BCUT2D eigenvalue weighted by Crippen LogP contribution is -2.47. The molecule has 0 bridgehead atoms. The maximum absolute atomic E-state index is 12.0. The Hall–Kier alpha value is -0.900. The van der Waals surface area contributed by atoms with Crippen molar-refractivity contribution in [2.24, 2.45) is 17.8 Å². The molecule has 1 saturated carbocycles. The molecule has 4 heteroatoms. The van der Waals surface area contributed by atoms with Crippen LogP contribution in [0.4, 0.5) is 0 Å². The lowest BCUT2D eigenvalue weighted by molar-refractivity contribution is -0.160. The van der Waals surface area contributed by atoms with Gasteiger partial charge in [-0.3, -0.25) is 9.59 Å². The van der Waals surface area contributed by atoms with Crippen LogP contribution in [-0.4, -0.2) is 30.6 Å². The monoisotopic (exact) mass is 254 g/mol. The molecule has 0 aromatic rings. The molecule has 1 spiro atoms. The molecule has 1 saturated heterocycles. The van der Waals surface area contributed by atoms with Gasteiger partial charge in [-0.1, -0.05) is 13.8 Å². The predicted molar refractivity (Wildman–Crippen MR) is 66.0 cm³/mol. The Labute approximate surface area is 108 Å². The number of esters is 1. The molecule has 1 aliphatic carbocycles. The smallest absolute Gasteiger partial charge is 0.319 e. The molecule has 0 radical (unpaired) electrons. The molecule has 1 aliphatic heterocycles. The Morgan fingerprint density at radius 2 is 2.00 bits per heavy atom. The van der Waals surface area contributed by atoms with Crippen molar-refractivity contribution in [3.05, 3.63) is 0 Å². The molecule has 0 aromatic heterocycles. The summed E-state index contributed by atoms with van der Waals surface area (Å²) in [7, 11) is 0. The lowest BCUT2D eigenvalue weighted by atomic mass is 9.68. The zero-order chi connectivity index (χ0) is 13.3. The van der Waals surface area contributed by atoms with E-state index in [1.807, 2.05) is 0 Å². The lowest BCUT2D eigenvalue weighted by Gasteiger charge is -2.41. The van der Waals surface area contributed by atoms with Crippen molar-refractivity contribution >= 4 is 11.8 Å². The summed E-state index contributed by atoms with van der Waals surface area (Å²) in [6.45, 7) is 6.45. The minimum Gasteiger partial charge on any atom is -0.465 e. The number of carbonyl (C=O) groups is 2. The number of Topliss-reactive ketones (excluding diaryl/α,β-unsaturated/α-hetero) is 1. The zero-order valence-electron chi connectivity index (χ0n) is 11.4. The van der Waals surface area contributed by atoms with Crippen molar-refractivity contribution in [3.63, 3.8) is 0 Å². The van der Waals surface area contributed by atoms with Crippen LogP contribution in [0.2, 0.25) is 0 Å². The first-order chi connectivity index (χ1) is 8.48. The van der Waals surface area contributed by atoms with E-state index in [0.29, 0.717) is 18.4 Å². The fourth-order valence-corrected chi connectivity index (χ4v) is 3.72. The average molecular weight is 254 g/mol. The van der Waals surface area contributed by atoms with Crippen molar-refractivity contribution in [3.8, 4) is 0 Å². The summed E-state index contributed by atoms with van der Waals surface area (Å²) in [6.07, 6.45) is 2.70. The normalized spacial score (nSPS) is 40.2. The van der Waals surface area contributed by atoms with Crippen LogP contribution in [-0.2, 0) is 19.1 Å². The van der Waals surface area contributed by atoms with Crippen LogP contribution in [0.1, 0.15) is 40.0 Å². The molecule has 0 amide bonds. The molecule has 3 atom stereocenters. The van der Waals surface area contributed by atoms with E-state index in [4.69, 9.17) is 9.47 Å². The average Bonchev–Trinajstić information content (AvgIpc) is 2.54. The van der Waals surface area contributed by atoms with Crippen LogP contribution in [0.15, 0.2) is 0 Å². The van der Waals surface area contributed by atoms with Crippen LogP contribution in [0, 0.1) is 17.8 Å². The summed E-state index contributed by atoms with van der Waals surface area (Å²) < 4.78 is 10.8. The Morgan fingerprint density at radius 1 is 1.39 bits per heavy atom. The Morgan fingerprint density at radius 3 is 2.56 bits per heavy atom. The Balaban J connectivity index is 2.24. The van der Waals surface area contributed by atoms with Crippen LogP contribution in [0.5, 0.6) is 0 Å². The first-order valence-corrected chi connectivity index (χ1v) is 6.82. The van der Waals surface area contributed by atoms with Crippen molar-refractivity contribution in [1.82, 2.24) is 0 Å². The van der Waals surface area contributed by atoms with Gasteiger partial charge in [0.2, 0.25) is 0 Å². The molecule has 2 fully saturated rings. The van der Waals surface area contributed by atoms with E-state index in [9.17, 15) is 9.59 Å². The molecule has 1 heterocycles. The summed E-state index contributed by atoms with van der Waals surface area (Å²) in [5.41, 5.74) is -0.597. The number of carbonyl (C=O) groups excluding carboxylic acids is 2. The maximum atomic E-state index is 12.0. The molecular formula is C14H22O4. The van der Waals surface area contributed by atoms with Crippen LogP contribution >= 0.6 is 0 Å². The van der Waals surface area contributed by atoms with Gasteiger partial charge >= 0.3 is 5.97 Å². The second kappa shape index (κ2) is 5.00. The third kappa shape index (κ3) is 2.30. The topological polar surface area (TPSA) is 52.6 Å². The van der Waals surface area contributed by atoms with Gasteiger partial charge in [-0.25, -0.2) is 0 Å². The standard InChI is InChI=1S/C14H22O4/c1-4-17-13(16)12-11(15)8-18-14(12)6-9(2)5-10(3)7-14/h9-10,12H,4-8H2,1-3H3. The highest BCUT2D eigenvalue weighted by Crippen LogP contribution is 2.46. The molecule has 2 aliphatic rings. The number of hydrogen-bond acceptors (Lipinski definition) is 4. The van der Waals surface area contributed by atoms with E-state index in [-0.39, 0.29) is 12.4 Å². The minimum absolute atomic E-state index is 0.0585. The Bertz CT molecular complexity index is 340. The minimum atomic E-state index is -0.706. The summed E-state index contributed by atoms with van der Waals surface area (Å²) in [5, 5.41) is 0. The van der Waals surface area contributed by atoms with E-state index in [1.54, 1.807) is 6.92 Å². The van der Waals surface area contributed by atoms with Crippen molar-refractivity contribution < 1.29 is 19.1 Å². The predicted octanol–water partition coefficient (Wildman–Crippen LogP) is 1.96. The molecule has 3 unspecified atom stereocenters. The van der Waals surface area contributed by atoms with Gasteiger partial charge in [-0.05, 0) is 38.0 Å². The zero-order valence-corrected chi connectivity index (χ0v) is 11.4. The first-order valence-electron chi connectivity index (χ1n) is 6.82. The molecular weight excluding hydrogens is 232 g/mol. The number of hydrogen-bond donors (Lipinski definition) is 0. The van der Waals surface area contributed by atoms with E-state index in [0.717, 1.165) is 19.3 Å². The van der Waals surface area contributed by atoms with E-state index < -0.39 is 17.5 Å². The van der Waals surface area contributed by atoms with Crippen LogP contribution < -0.4 is 0 Å². The van der Waals surface area contributed by atoms with Crippen LogP contribution in [0.3, 0.4) is 0 Å². The van der Waals surface area contributed by atoms with Gasteiger partial charge in [0.15, 0.2) is 5.78 Å². The molecule has 4 nitrogen and oxygen atoms in total. The van der Waals surface area contributed by atoms with Gasteiger partial charge in [-0.2, -0.15) is 0 Å². The van der Waals surface area contributed by atoms with Gasteiger partial charge in [0.1, 0.15) is 12.5 Å². The van der Waals surface area contributed by atoms with E-state index in [2.05, 4.69) is 13.8 Å². The van der Waals surface area contributed by atoms with Gasteiger partial charge in [0.25, 0.3) is 0 Å². The molecule has 102 valence electrons. The molecule has 0 N–H and O–H groups in total. The number of ketones is 1. The van der Waals surface area contributed by atoms with Gasteiger partial charge in [0.05, 0.1) is 12.2 Å². The van der Waals surface area contributed by atoms with Gasteiger partial charge in [0, 0.05) is 0 Å². The highest BCUT2D eigenvalue weighted by atomic mass is 16.5. The van der Waals surface area contributed by atoms with Crippen LogP contribution in [0.25, 0.3) is 0 Å². The number of rotatable bonds is 2. The largest absolute Gasteiger partial charge is 0.465 e. The fourth-order valence-electron chi connectivity index (χ4n) is 3.72. The second-order valence-corrected chi connectivity index (χ2v) is 5.86. The molecule has 18 heavy (non-hydrogen) atoms. The number of ether oxygens (including phenoxy) is 2. The quantitative estimate of drug-likeness (QED) is 0.558. The van der Waals surface area contributed by atoms with Gasteiger partial charge < -0.3 is 9.47 Å². The SMILES string of the molecule is CCOC(=O)C1C(=O)COC12CC(C)CC(C)C2. The summed E-state index contributed by atoms with van der Waals surface area (Å²) in [4.78, 5) is 24.0. The highest BCUT2D eigenvalue weighted by Gasteiger charge is 2.56. The first kappa shape index (κ1) is 13.5. The van der Waals surface area contributed by atoms with Crippen molar-refractivity contribution in [1.29, 1.82) is 0 Å². The van der Waals surface area contributed by atoms with E-state index in [1.165, 1.54) is 0 Å². The summed E-state index contributed by atoms with van der Waals surface area (Å²) in [5.74, 6) is -0.258. The molecule has 0 aromatic carbocycles. The molecule has 2 rings (SSSR count). The highest BCUT2D eigenvalue weighted by molar-refractivity contribution is 6.02. The maximum Gasteiger partial charge on any atom is 0.319 e. The van der Waals surface area contributed by atoms with Gasteiger partial charge in [-0.15, -0.1) is 0 Å². The third-order valence-corrected chi connectivity index (χ3v) is 4.06. The van der Waals surface area contributed by atoms with Crippen molar-refractivity contribution in [2.45, 2.75) is 45.6 Å². The summed E-state index contributed by atoms with van der Waals surface area (Å²) in [6, 6.07) is 0. The Kier molecular flexibility index (Phi) is 3.76.